The molecule has 5 nitrogen and oxygen atoms in total. The van der Waals surface area contributed by atoms with Crippen molar-refractivity contribution in [2.45, 2.75) is 0 Å². The van der Waals surface area contributed by atoms with E-state index < -0.39 is 4.92 Å². The predicted molar refractivity (Wildman–Crippen MR) is 51.8 cm³/mol. The van der Waals surface area contributed by atoms with Crippen molar-refractivity contribution in [3.8, 4) is 0 Å². The van der Waals surface area contributed by atoms with Crippen LogP contribution in [0.1, 0.15) is 5.56 Å². The molecule has 0 aliphatic carbocycles. The smallest absolute Gasteiger partial charge is 0.271 e. The summed E-state index contributed by atoms with van der Waals surface area (Å²) in [5, 5.41) is 17.5. The molecule has 3 N–H and O–H groups in total. The van der Waals surface area contributed by atoms with Crippen LogP contribution in [0.4, 0.5) is 5.69 Å². The Kier molecular flexibility index (Phi) is 2.62. The molecule has 0 aliphatic rings. The minimum Gasteiger partial charge on any atom is -0.384 e. The van der Waals surface area contributed by atoms with Gasteiger partial charge in [-0.2, -0.15) is 0 Å². The molecule has 0 spiro atoms. The second kappa shape index (κ2) is 3.53. The van der Waals surface area contributed by atoms with Crippen LogP contribution in [0.5, 0.6) is 0 Å². The number of halogens is 1. The van der Waals surface area contributed by atoms with Crippen molar-refractivity contribution in [2.75, 3.05) is 0 Å². The third-order valence-corrected chi connectivity index (χ3v) is 1.86. The normalized spacial score (nSPS) is 9.62. The van der Waals surface area contributed by atoms with Gasteiger partial charge >= 0.3 is 0 Å². The summed E-state index contributed by atoms with van der Waals surface area (Å²) in [5.41, 5.74) is 5.44. The maximum Gasteiger partial charge on any atom is 0.271 e. The molecule has 0 atom stereocenters. The summed E-state index contributed by atoms with van der Waals surface area (Å²) in [4.78, 5) is 9.87. The number of amidine groups is 1. The summed E-state index contributed by atoms with van der Waals surface area (Å²) >= 11 is 3.09. The summed E-state index contributed by atoms with van der Waals surface area (Å²) in [5.74, 6) is -0.190. The first-order chi connectivity index (χ1) is 6.00. The third kappa shape index (κ3) is 2.25. The zero-order valence-corrected chi connectivity index (χ0v) is 8.04. The highest BCUT2D eigenvalue weighted by molar-refractivity contribution is 9.10. The zero-order chi connectivity index (χ0) is 10.0. The van der Waals surface area contributed by atoms with Crippen molar-refractivity contribution in [3.63, 3.8) is 0 Å². The average Bonchev–Trinajstić information content (AvgIpc) is 2.03. The molecule has 1 aromatic rings. The van der Waals surface area contributed by atoms with Gasteiger partial charge in [0.15, 0.2) is 0 Å². The number of nitro groups is 1. The standard InChI is InChI=1S/C7H6BrN3O2/c8-5-1-4(7(9)10)2-6(3-5)11(12)13/h1-3H,(H3,9,10). The Morgan fingerprint density at radius 3 is 2.62 bits per heavy atom. The van der Waals surface area contributed by atoms with Gasteiger partial charge in [-0.25, -0.2) is 0 Å². The monoisotopic (exact) mass is 243 g/mol. The lowest BCUT2D eigenvalue weighted by Crippen LogP contribution is -2.11. The van der Waals surface area contributed by atoms with E-state index in [0.29, 0.717) is 10.0 Å². The van der Waals surface area contributed by atoms with E-state index in [0.717, 1.165) is 0 Å². The van der Waals surface area contributed by atoms with Crippen molar-refractivity contribution < 1.29 is 4.92 Å². The van der Waals surface area contributed by atoms with E-state index in [1.165, 1.54) is 12.1 Å². The Balaban J connectivity index is 3.26. The van der Waals surface area contributed by atoms with Gasteiger partial charge in [-0.05, 0) is 6.07 Å². The molecule has 13 heavy (non-hydrogen) atoms. The van der Waals surface area contributed by atoms with Gasteiger partial charge in [0.05, 0.1) is 4.92 Å². The minimum absolute atomic E-state index is 0.0837. The highest BCUT2D eigenvalue weighted by atomic mass is 79.9. The largest absolute Gasteiger partial charge is 0.384 e. The molecule has 1 rings (SSSR count). The number of nitrogens with two attached hydrogens (primary N) is 1. The van der Waals surface area contributed by atoms with Crippen LogP contribution in [0.25, 0.3) is 0 Å². The van der Waals surface area contributed by atoms with E-state index in [9.17, 15) is 10.1 Å². The Morgan fingerprint density at radius 1 is 1.54 bits per heavy atom. The second-order valence-electron chi connectivity index (χ2n) is 2.37. The molecule has 68 valence electrons. The summed E-state index contributed by atoms with van der Waals surface area (Å²) in [6.45, 7) is 0. The molecule has 0 saturated heterocycles. The number of hydrogen-bond acceptors (Lipinski definition) is 3. The van der Waals surface area contributed by atoms with Gasteiger partial charge in [-0.15, -0.1) is 0 Å². The number of benzene rings is 1. The lowest BCUT2D eigenvalue weighted by Gasteiger charge is -1.99. The van der Waals surface area contributed by atoms with Crippen LogP contribution >= 0.6 is 15.9 Å². The van der Waals surface area contributed by atoms with Crippen molar-refractivity contribution in [1.82, 2.24) is 0 Å². The van der Waals surface area contributed by atoms with E-state index in [4.69, 9.17) is 11.1 Å². The molecule has 0 aliphatic heterocycles. The van der Waals surface area contributed by atoms with Gasteiger partial charge in [-0.3, -0.25) is 15.5 Å². The Labute approximate surface area is 82.3 Å². The van der Waals surface area contributed by atoms with Crippen molar-refractivity contribution in [1.29, 1.82) is 5.41 Å². The van der Waals surface area contributed by atoms with Gasteiger partial charge in [0.1, 0.15) is 5.84 Å². The van der Waals surface area contributed by atoms with E-state index >= 15 is 0 Å². The molecule has 0 fully saturated rings. The summed E-state index contributed by atoms with van der Waals surface area (Å²) < 4.78 is 0.534. The summed E-state index contributed by atoms with van der Waals surface area (Å²) in [7, 11) is 0. The summed E-state index contributed by atoms with van der Waals surface area (Å²) in [6.07, 6.45) is 0. The van der Waals surface area contributed by atoms with E-state index in [-0.39, 0.29) is 11.5 Å². The van der Waals surface area contributed by atoms with Crippen LogP contribution in [0.2, 0.25) is 0 Å². The Bertz CT molecular complexity index is 346. The topological polar surface area (TPSA) is 93.0 Å². The summed E-state index contributed by atoms with van der Waals surface area (Å²) in [6, 6.07) is 4.16. The first-order valence-corrected chi connectivity index (χ1v) is 4.09. The van der Waals surface area contributed by atoms with Gasteiger partial charge in [0.25, 0.3) is 5.69 Å². The van der Waals surface area contributed by atoms with Gasteiger partial charge in [0, 0.05) is 22.2 Å². The molecule has 0 unspecified atom stereocenters. The fourth-order valence-electron chi connectivity index (χ4n) is 0.835. The predicted octanol–water partition coefficient (Wildman–Crippen LogP) is 1.64. The molecular formula is C7H6BrN3O2. The van der Waals surface area contributed by atoms with Gasteiger partial charge in [-0.1, -0.05) is 15.9 Å². The fourth-order valence-corrected chi connectivity index (χ4v) is 1.32. The van der Waals surface area contributed by atoms with Crippen molar-refractivity contribution >= 4 is 27.5 Å². The van der Waals surface area contributed by atoms with Crippen LogP contribution < -0.4 is 5.73 Å². The maximum atomic E-state index is 10.4. The first-order valence-electron chi connectivity index (χ1n) is 3.30. The lowest BCUT2D eigenvalue weighted by molar-refractivity contribution is -0.384. The number of rotatable bonds is 2. The molecule has 1 aromatic carbocycles. The van der Waals surface area contributed by atoms with Crippen molar-refractivity contribution in [3.05, 3.63) is 38.3 Å². The Hall–Kier alpha value is -1.43. The lowest BCUT2D eigenvalue weighted by atomic mass is 10.2. The van der Waals surface area contributed by atoms with Crippen LogP contribution in [-0.2, 0) is 0 Å². The molecule has 0 aromatic heterocycles. The van der Waals surface area contributed by atoms with Crippen LogP contribution in [0.3, 0.4) is 0 Å². The average molecular weight is 244 g/mol. The van der Waals surface area contributed by atoms with Crippen LogP contribution in [0.15, 0.2) is 22.7 Å². The Morgan fingerprint density at radius 2 is 2.15 bits per heavy atom. The van der Waals surface area contributed by atoms with E-state index in [1.54, 1.807) is 6.07 Å². The van der Waals surface area contributed by atoms with Crippen LogP contribution in [-0.4, -0.2) is 10.8 Å². The molecular weight excluding hydrogens is 238 g/mol. The molecule has 0 bridgehead atoms. The number of nitrogens with one attached hydrogen (secondary N) is 1. The molecule has 0 amide bonds. The quantitative estimate of drug-likeness (QED) is 0.358. The maximum absolute atomic E-state index is 10.4. The third-order valence-electron chi connectivity index (χ3n) is 1.40. The number of nitro benzene ring substituents is 1. The first kappa shape index (κ1) is 9.66. The number of nitrogen functional groups attached to an aromatic ring is 1. The SMILES string of the molecule is N=C(N)c1cc(Br)cc([N+](=O)[O-])c1. The van der Waals surface area contributed by atoms with E-state index in [1.807, 2.05) is 0 Å². The molecule has 0 saturated carbocycles. The van der Waals surface area contributed by atoms with Crippen molar-refractivity contribution in [2.24, 2.45) is 5.73 Å². The van der Waals surface area contributed by atoms with Crippen LogP contribution in [0, 0.1) is 15.5 Å². The number of hydrogen-bond donors (Lipinski definition) is 2. The minimum atomic E-state index is -0.531. The molecule has 6 heteroatoms. The molecule has 0 heterocycles. The second-order valence-corrected chi connectivity index (χ2v) is 3.28. The zero-order valence-electron chi connectivity index (χ0n) is 6.45. The highest BCUT2D eigenvalue weighted by Gasteiger charge is 2.09. The molecule has 0 radical (unpaired) electrons. The van der Waals surface area contributed by atoms with E-state index in [2.05, 4.69) is 15.9 Å². The van der Waals surface area contributed by atoms with Gasteiger partial charge < -0.3 is 5.73 Å². The number of non-ortho nitro benzene ring substituents is 1. The highest BCUT2D eigenvalue weighted by Crippen LogP contribution is 2.20. The van der Waals surface area contributed by atoms with Gasteiger partial charge in [0.2, 0.25) is 0 Å². The number of nitrogens with zero attached hydrogens (tertiary/aromatic N) is 1. The fraction of sp³-hybridized carbons (Fsp3) is 0.